The van der Waals surface area contributed by atoms with Gasteiger partial charge in [-0.3, -0.25) is 0 Å². The van der Waals surface area contributed by atoms with Crippen molar-refractivity contribution in [1.29, 1.82) is 0 Å². The summed E-state index contributed by atoms with van der Waals surface area (Å²) in [6.07, 6.45) is 6.86. The van der Waals surface area contributed by atoms with Crippen LogP contribution in [0, 0.1) is 6.92 Å². The molecule has 0 heterocycles. The quantitative estimate of drug-likeness (QED) is 0.519. The molecule has 0 saturated carbocycles. The van der Waals surface area contributed by atoms with Crippen LogP contribution in [0.2, 0.25) is 0 Å². The van der Waals surface area contributed by atoms with Crippen LogP contribution in [0.5, 0.6) is 5.75 Å². The van der Waals surface area contributed by atoms with Gasteiger partial charge in [-0.05, 0) is 0 Å². The molecule has 0 fully saturated rings. The Morgan fingerprint density at radius 1 is 0.815 bits per heavy atom. The van der Waals surface area contributed by atoms with Crippen LogP contribution >= 0.6 is 0 Å². The molecule has 5 nitrogen and oxygen atoms in total. The summed E-state index contributed by atoms with van der Waals surface area (Å²) in [6, 6.07) is 4.09. The van der Waals surface area contributed by atoms with Crippen LogP contribution in [0.4, 0.5) is 0 Å². The van der Waals surface area contributed by atoms with E-state index in [0.29, 0.717) is 14.9 Å². The monoisotopic (exact) mass is 450 g/mol. The van der Waals surface area contributed by atoms with Gasteiger partial charge in [0.1, 0.15) is 0 Å². The molecule has 0 bridgehead atoms. The molecule has 148 valence electrons. The molecule has 2 atom stereocenters. The van der Waals surface area contributed by atoms with Gasteiger partial charge in [-0.15, -0.1) is 0 Å². The van der Waals surface area contributed by atoms with Crippen molar-refractivity contribution in [3.8, 4) is 5.75 Å². The normalized spacial score (nSPS) is 13.9. The van der Waals surface area contributed by atoms with E-state index in [1.54, 1.807) is 35.5 Å². The maximum absolute atomic E-state index is 5.74. The number of rotatable bonds is 11. The zero-order valence-electron chi connectivity index (χ0n) is 16.5. The molecule has 0 spiro atoms. The van der Waals surface area contributed by atoms with Crippen LogP contribution in [0.1, 0.15) is 28.9 Å². The number of aryl methyl sites for hydroxylation is 1. The van der Waals surface area contributed by atoms with Crippen molar-refractivity contribution in [3.05, 3.63) is 53.1 Å². The fourth-order valence-corrected chi connectivity index (χ4v) is 2.82. The van der Waals surface area contributed by atoms with Gasteiger partial charge in [0.2, 0.25) is 0 Å². The topological polar surface area (TPSA) is 46.2 Å². The molecule has 1 rings (SSSR count). The van der Waals surface area contributed by atoms with Gasteiger partial charge in [-0.2, -0.15) is 0 Å². The van der Waals surface area contributed by atoms with Gasteiger partial charge in [0.25, 0.3) is 0 Å². The molecular weight excluding hydrogens is 424 g/mol. The first-order chi connectivity index (χ1) is 12.9. The van der Waals surface area contributed by atoms with Crippen LogP contribution in [0.3, 0.4) is 0 Å². The van der Waals surface area contributed by atoms with Crippen LogP contribution < -0.4 is 4.74 Å². The SMILES string of the molecule is CO[C](=[Cr])/C=C/[C@@H](OC)c1cc(C)cc([C@@H](/C=C/[C](=[Cr])OC)OC)c1OC. The molecule has 0 amide bonds. The minimum absolute atomic E-state index is 0.306. The Balaban J connectivity index is 3.43. The summed E-state index contributed by atoms with van der Waals surface area (Å²) in [7, 11) is 8.17. The van der Waals surface area contributed by atoms with Crippen molar-refractivity contribution in [2.24, 2.45) is 0 Å². The van der Waals surface area contributed by atoms with Gasteiger partial charge in [0.15, 0.2) is 0 Å². The Hall–Kier alpha value is -0.855. The predicted octanol–water partition coefficient (Wildman–Crippen LogP) is 3.14. The third kappa shape index (κ3) is 7.24. The van der Waals surface area contributed by atoms with E-state index < -0.39 is 0 Å². The fraction of sp³-hybridized carbons (Fsp3) is 0.400. The van der Waals surface area contributed by atoms with E-state index >= 15 is 0 Å². The second-order valence-corrected chi connectivity index (χ2v) is 6.81. The average molecular weight is 450 g/mol. The molecule has 0 aromatic heterocycles. The summed E-state index contributed by atoms with van der Waals surface area (Å²) < 4.78 is 28.7. The first kappa shape index (κ1) is 24.2. The zero-order chi connectivity index (χ0) is 20.4. The molecular formula is C20H26Cr2O5. The van der Waals surface area contributed by atoms with E-state index in [0.717, 1.165) is 16.7 Å². The predicted molar refractivity (Wildman–Crippen MR) is 99.5 cm³/mol. The van der Waals surface area contributed by atoms with Crippen molar-refractivity contribution in [1.82, 2.24) is 0 Å². The summed E-state index contributed by atoms with van der Waals surface area (Å²) in [5.74, 6) is 0.715. The van der Waals surface area contributed by atoms with Crippen LogP contribution in [0.25, 0.3) is 0 Å². The van der Waals surface area contributed by atoms with Gasteiger partial charge in [0.05, 0.1) is 0 Å². The van der Waals surface area contributed by atoms with E-state index in [1.807, 2.05) is 43.4 Å². The second kappa shape index (κ2) is 12.6. The van der Waals surface area contributed by atoms with E-state index in [4.69, 9.17) is 23.7 Å². The first-order valence-electron chi connectivity index (χ1n) is 8.18. The summed E-state index contributed by atoms with van der Waals surface area (Å²) >= 11 is 5.69. The van der Waals surface area contributed by atoms with Gasteiger partial charge in [-0.1, -0.05) is 0 Å². The third-order valence-electron chi connectivity index (χ3n) is 3.83. The van der Waals surface area contributed by atoms with Crippen molar-refractivity contribution >= 4 is 9.13 Å². The number of hydrogen-bond acceptors (Lipinski definition) is 5. The Morgan fingerprint density at radius 3 is 1.52 bits per heavy atom. The summed E-state index contributed by atoms with van der Waals surface area (Å²) in [4.78, 5) is 0. The number of hydrogen-bond donors (Lipinski definition) is 0. The first-order valence-corrected chi connectivity index (χ1v) is 9.45. The van der Waals surface area contributed by atoms with Crippen LogP contribution in [-0.2, 0) is 50.7 Å². The molecule has 1 aromatic rings. The fourth-order valence-electron chi connectivity index (χ4n) is 2.57. The molecule has 0 N–H and O–H groups in total. The third-order valence-corrected chi connectivity index (χ3v) is 4.78. The Morgan fingerprint density at radius 2 is 1.22 bits per heavy atom. The molecule has 0 unspecified atom stereocenters. The van der Waals surface area contributed by atoms with Crippen molar-refractivity contribution in [3.63, 3.8) is 0 Å². The van der Waals surface area contributed by atoms with Crippen LogP contribution in [-0.4, -0.2) is 44.7 Å². The number of benzene rings is 1. The van der Waals surface area contributed by atoms with E-state index in [2.05, 4.69) is 31.7 Å². The van der Waals surface area contributed by atoms with Gasteiger partial charge in [-0.25, -0.2) is 0 Å². The maximum atomic E-state index is 5.74. The number of ether oxygens (including phenoxy) is 5. The molecule has 1 aromatic carbocycles. The standard InChI is InChI=1S/C20H26O5.2Cr/c1-15-13-16(18(23-4)9-7-11-21-2)20(25-6)17(14-15)19(24-5)10-8-12-22-3;;/h7-10,13-14,18-19H,1-6H3;;/b9-7+,10-8+;;/t18-,19-;;/m1../s1. The van der Waals surface area contributed by atoms with Gasteiger partial charge >= 0.3 is 178 Å². The Bertz CT molecular complexity index is 657. The van der Waals surface area contributed by atoms with Crippen LogP contribution in [0.15, 0.2) is 36.4 Å². The van der Waals surface area contributed by atoms with E-state index in [9.17, 15) is 0 Å². The van der Waals surface area contributed by atoms with Gasteiger partial charge in [0, 0.05) is 0 Å². The van der Waals surface area contributed by atoms with E-state index in [1.165, 1.54) is 0 Å². The molecule has 0 aliphatic rings. The molecule has 7 heteroatoms. The Kier molecular flexibility index (Phi) is 11.3. The van der Waals surface area contributed by atoms with Crippen molar-refractivity contribution < 1.29 is 55.4 Å². The molecule has 0 saturated heterocycles. The molecule has 27 heavy (non-hydrogen) atoms. The molecule has 0 aliphatic heterocycles. The molecule has 0 aliphatic carbocycles. The van der Waals surface area contributed by atoms with Crippen molar-refractivity contribution in [2.45, 2.75) is 19.1 Å². The average Bonchev–Trinajstić information content (AvgIpc) is 2.68. The van der Waals surface area contributed by atoms with Crippen molar-refractivity contribution in [2.75, 3.05) is 35.5 Å². The van der Waals surface area contributed by atoms with Gasteiger partial charge < -0.3 is 0 Å². The summed E-state index contributed by atoms with van der Waals surface area (Å²) in [5.41, 5.74) is 2.89. The second-order valence-electron chi connectivity index (χ2n) is 5.55. The molecule has 0 radical (unpaired) electrons. The minimum atomic E-state index is -0.306. The zero-order valence-corrected chi connectivity index (χ0v) is 19.0. The number of methoxy groups -OCH3 is 5. The Labute approximate surface area is 177 Å². The van der Waals surface area contributed by atoms with E-state index in [-0.39, 0.29) is 12.2 Å². The summed E-state index contributed by atoms with van der Waals surface area (Å²) in [6.45, 7) is 2.03. The summed E-state index contributed by atoms with van der Waals surface area (Å²) in [5, 5.41) is 0.